The second kappa shape index (κ2) is 5.90. The van der Waals surface area contributed by atoms with Gasteiger partial charge in [0, 0.05) is 17.8 Å². The lowest BCUT2D eigenvalue weighted by molar-refractivity contribution is -0.156. The number of hydrogen-bond acceptors (Lipinski definition) is 6. The Morgan fingerprint density at radius 1 is 1.55 bits per heavy atom. The minimum absolute atomic E-state index is 0.117. The summed E-state index contributed by atoms with van der Waals surface area (Å²) < 4.78 is 9.85. The molecule has 20 heavy (non-hydrogen) atoms. The highest BCUT2D eigenvalue weighted by Crippen LogP contribution is 2.29. The summed E-state index contributed by atoms with van der Waals surface area (Å²) in [5, 5.41) is 6.73. The van der Waals surface area contributed by atoms with Crippen LogP contribution in [0.1, 0.15) is 27.2 Å². The van der Waals surface area contributed by atoms with E-state index in [1.165, 1.54) is 12.3 Å². The van der Waals surface area contributed by atoms with Crippen LogP contribution < -0.4 is 5.32 Å². The number of carbonyl (C=O) groups excluding carboxylic acids is 2. The van der Waals surface area contributed by atoms with Crippen molar-refractivity contribution in [2.45, 2.75) is 33.3 Å². The molecule has 2 unspecified atom stereocenters. The standard InChI is InChI=1S/C14H18N2O4/c1-8(2)20-14(18)13-9(3)6-10(7-11(13)17)15-12-4-5-19-16-12/h4-5,7-9,13H,6H2,1-3H3,(H,15,16). The number of hydrogen-bond donors (Lipinski definition) is 1. The summed E-state index contributed by atoms with van der Waals surface area (Å²) in [6.45, 7) is 5.40. The number of carbonyl (C=O) groups is 2. The van der Waals surface area contributed by atoms with Crippen molar-refractivity contribution in [2.24, 2.45) is 11.8 Å². The summed E-state index contributed by atoms with van der Waals surface area (Å²) in [5.41, 5.74) is 0.727. The third kappa shape index (κ3) is 3.26. The highest BCUT2D eigenvalue weighted by molar-refractivity contribution is 6.06. The highest BCUT2D eigenvalue weighted by Gasteiger charge is 2.36. The smallest absolute Gasteiger partial charge is 0.317 e. The monoisotopic (exact) mass is 278 g/mol. The second-order valence-corrected chi connectivity index (χ2v) is 5.23. The first kappa shape index (κ1) is 14.3. The number of esters is 1. The molecule has 0 saturated heterocycles. The molecule has 0 amide bonds. The van der Waals surface area contributed by atoms with E-state index in [2.05, 4.69) is 10.5 Å². The summed E-state index contributed by atoms with van der Waals surface area (Å²) in [6.07, 6.45) is 3.25. The molecule has 2 atom stereocenters. The van der Waals surface area contributed by atoms with Gasteiger partial charge in [0.2, 0.25) is 0 Å². The largest absolute Gasteiger partial charge is 0.462 e. The fraction of sp³-hybridized carbons (Fsp3) is 0.500. The van der Waals surface area contributed by atoms with Crippen molar-refractivity contribution in [1.82, 2.24) is 5.16 Å². The zero-order chi connectivity index (χ0) is 14.7. The Morgan fingerprint density at radius 3 is 2.85 bits per heavy atom. The van der Waals surface area contributed by atoms with E-state index in [4.69, 9.17) is 9.26 Å². The average Bonchev–Trinajstić information content (AvgIpc) is 2.79. The van der Waals surface area contributed by atoms with Crippen LogP contribution in [0, 0.1) is 11.8 Å². The lowest BCUT2D eigenvalue weighted by Gasteiger charge is -2.26. The van der Waals surface area contributed by atoms with Gasteiger partial charge in [0.15, 0.2) is 11.6 Å². The van der Waals surface area contributed by atoms with Crippen LogP contribution in [-0.4, -0.2) is 23.0 Å². The van der Waals surface area contributed by atoms with Gasteiger partial charge in [-0.25, -0.2) is 0 Å². The van der Waals surface area contributed by atoms with Crippen molar-refractivity contribution in [1.29, 1.82) is 0 Å². The molecule has 2 rings (SSSR count). The minimum Gasteiger partial charge on any atom is -0.462 e. The number of ether oxygens (including phenoxy) is 1. The molecule has 1 aliphatic rings. The van der Waals surface area contributed by atoms with Gasteiger partial charge in [-0.1, -0.05) is 12.1 Å². The lowest BCUT2D eigenvalue weighted by Crippen LogP contribution is -2.36. The number of nitrogens with zero attached hydrogens (tertiary/aromatic N) is 1. The van der Waals surface area contributed by atoms with E-state index in [1.54, 1.807) is 19.9 Å². The predicted molar refractivity (Wildman–Crippen MR) is 71.7 cm³/mol. The van der Waals surface area contributed by atoms with Crippen LogP contribution in [0.5, 0.6) is 0 Å². The van der Waals surface area contributed by atoms with E-state index in [0.29, 0.717) is 12.2 Å². The Morgan fingerprint density at radius 2 is 2.30 bits per heavy atom. The van der Waals surface area contributed by atoms with Gasteiger partial charge in [-0.3, -0.25) is 9.59 Å². The molecule has 0 aromatic carbocycles. The van der Waals surface area contributed by atoms with Crippen molar-refractivity contribution in [2.75, 3.05) is 5.32 Å². The fourth-order valence-electron chi connectivity index (χ4n) is 2.25. The highest BCUT2D eigenvalue weighted by atomic mass is 16.5. The summed E-state index contributed by atoms with van der Waals surface area (Å²) in [4.78, 5) is 24.0. The molecule has 1 heterocycles. The van der Waals surface area contributed by atoms with Crippen LogP contribution in [0.15, 0.2) is 28.6 Å². The van der Waals surface area contributed by atoms with Gasteiger partial charge in [0.05, 0.1) is 6.10 Å². The summed E-state index contributed by atoms with van der Waals surface area (Å²) in [7, 11) is 0. The van der Waals surface area contributed by atoms with Crippen LogP contribution in [0.2, 0.25) is 0 Å². The van der Waals surface area contributed by atoms with E-state index >= 15 is 0 Å². The topological polar surface area (TPSA) is 81.4 Å². The van der Waals surface area contributed by atoms with Gasteiger partial charge in [-0.2, -0.15) is 0 Å². The summed E-state index contributed by atoms with van der Waals surface area (Å²) >= 11 is 0. The number of nitrogens with one attached hydrogen (secondary N) is 1. The SMILES string of the molecule is CC(C)OC(=O)C1C(=O)C=C(Nc2ccon2)CC1C. The van der Waals surface area contributed by atoms with Crippen molar-refractivity contribution < 1.29 is 18.8 Å². The fourth-order valence-corrected chi connectivity index (χ4v) is 2.25. The van der Waals surface area contributed by atoms with Crippen molar-refractivity contribution >= 4 is 17.6 Å². The Kier molecular flexibility index (Phi) is 4.22. The van der Waals surface area contributed by atoms with E-state index in [9.17, 15) is 9.59 Å². The molecule has 6 nitrogen and oxygen atoms in total. The van der Waals surface area contributed by atoms with Crippen molar-refractivity contribution in [3.8, 4) is 0 Å². The zero-order valence-corrected chi connectivity index (χ0v) is 11.8. The Bertz CT molecular complexity index is 519. The second-order valence-electron chi connectivity index (χ2n) is 5.23. The third-order valence-corrected chi connectivity index (χ3v) is 3.07. The Labute approximate surface area is 117 Å². The molecule has 0 radical (unpaired) electrons. The van der Waals surface area contributed by atoms with Crippen LogP contribution >= 0.6 is 0 Å². The van der Waals surface area contributed by atoms with Crippen LogP contribution in [0.3, 0.4) is 0 Å². The maximum Gasteiger partial charge on any atom is 0.317 e. The molecule has 1 N–H and O–H groups in total. The maximum atomic E-state index is 12.1. The Balaban J connectivity index is 2.08. The zero-order valence-electron chi connectivity index (χ0n) is 11.8. The molecule has 1 aromatic heterocycles. The van der Waals surface area contributed by atoms with Crippen molar-refractivity contribution in [3.63, 3.8) is 0 Å². The predicted octanol–water partition coefficient (Wildman–Crippen LogP) is 2.15. The third-order valence-electron chi connectivity index (χ3n) is 3.07. The number of ketones is 1. The van der Waals surface area contributed by atoms with Crippen molar-refractivity contribution in [3.05, 3.63) is 24.1 Å². The number of allylic oxidation sites excluding steroid dienone is 2. The van der Waals surface area contributed by atoms with Gasteiger partial charge in [0.25, 0.3) is 0 Å². The first-order chi connectivity index (χ1) is 9.47. The molecular weight excluding hydrogens is 260 g/mol. The van der Waals surface area contributed by atoms with Gasteiger partial charge in [0.1, 0.15) is 12.2 Å². The van der Waals surface area contributed by atoms with E-state index in [1.807, 2.05) is 6.92 Å². The normalized spacial score (nSPS) is 22.6. The summed E-state index contributed by atoms with van der Waals surface area (Å²) in [6, 6.07) is 1.66. The minimum atomic E-state index is -0.722. The van der Waals surface area contributed by atoms with E-state index < -0.39 is 11.9 Å². The average molecular weight is 278 g/mol. The number of aromatic nitrogens is 1. The van der Waals surface area contributed by atoms with Gasteiger partial charge < -0.3 is 14.6 Å². The van der Waals surface area contributed by atoms with Crippen LogP contribution in [0.25, 0.3) is 0 Å². The molecular formula is C14H18N2O4. The molecule has 0 fully saturated rings. The molecule has 0 saturated carbocycles. The summed E-state index contributed by atoms with van der Waals surface area (Å²) in [5.74, 6) is -0.984. The first-order valence-electron chi connectivity index (χ1n) is 6.59. The molecule has 108 valence electrons. The number of rotatable bonds is 4. The molecule has 1 aliphatic carbocycles. The molecule has 0 spiro atoms. The quantitative estimate of drug-likeness (QED) is 0.671. The molecule has 1 aromatic rings. The van der Waals surface area contributed by atoms with Gasteiger partial charge in [-0.05, 0) is 26.2 Å². The first-order valence-corrected chi connectivity index (χ1v) is 6.59. The van der Waals surface area contributed by atoms with E-state index in [0.717, 1.165) is 5.70 Å². The molecule has 0 aliphatic heterocycles. The van der Waals surface area contributed by atoms with Gasteiger partial charge in [-0.15, -0.1) is 0 Å². The lowest BCUT2D eigenvalue weighted by atomic mass is 9.82. The Hall–Kier alpha value is -2.11. The molecule has 0 bridgehead atoms. The van der Waals surface area contributed by atoms with Crippen LogP contribution in [-0.2, 0) is 14.3 Å². The maximum absolute atomic E-state index is 12.1. The van der Waals surface area contributed by atoms with Gasteiger partial charge >= 0.3 is 5.97 Å². The molecule has 6 heteroatoms. The number of anilines is 1. The van der Waals surface area contributed by atoms with Crippen LogP contribution in [0.4, 0.5) is 5.82 Å². The van der Waals surface area contributed by atoms with E-state index in [-0.39, 0.29) is 17.8 Å².